The van der Waals surface area contributed by atoms with Gasteiger partial charge in [-0.2, -0.15) is 5.10 Å². The van der Waals surface area contributed by atoms with E-state index < -0.39 is 0 Å². The van der Waals surface area contributed by atoms with Gasteiger partial charge in [-0.25, -0.2) is 9.97 Å². The zero-order valence-corrected chi connectivity index (χ0v) is 9.79. The lowest BCUT2D eigenvalue weighted by Crippen LogP contribution is -2.29. The summed E-state index contributed by atoms with van der Waals surface area (Å²) >= 11 is 0. The molecule has 0 aliphatic heterocycles. The number of H-pyrrole nitrogens is 1. The van der Waals surface area contributed by atoms with E-state index in [1.807, 2.05) is 6.07 Å². The highest BCUT2D eigenvalue weighted by atomic mass is 16.2. The number of carbonyl (C=O) groups is 1. The van der Waals surface area contributed by atoms with Crippen molar-refractivity contribution in [2.75, 3.05) is 5.43 Å². The number of anilines is 1. The van der Waals surface area contributed by atoms with Crippen LogP contribution in [0.2, 0.25) is 0 Å². The highest BCUT2D eigenvalue weighted by molar-refractivity contribution is 5.95. The average molecular weight is 254 g/mol. The number of benzene rings is 1. The van der Waals surface area contributed by atoms with Crippen molar-refractivity contribution in [1.29, 1.82) is 0 Å². The summed E-state index contributed by atoms with van der Waals surface area (Å²) in [5.74, 6) is 0.249. The number of nitrogens with one attached hydrogen (secondary N) is 3. The summed E-state index contributed by atoms with van der Waals surface area (Å²) in [6.07, 6.45) is 2.98. The van der Waals surface area contributed by atoms with E-state index in [2.05, 4.69) is 31.0 Å². The number of hydrogen-bond donors (Lipinski definition) is 3. The fourth-order valence-corrected chi connectivity index (χ4v) is 1.64. The van der Waals surface area contributed by atoms with Gasteiger partial charge in [0.1, 0.15) is 6.33 Å². The minimum atomic E-state index is -0.240. The largest absolute Gasteiger partial charge is 0.281 e. The van der Waals surface area contributed by atoms with Gasteiger partial charge in [0.05, 0.1) is 11.6 Å². The molecule has 0 aliphatic carbocycles. The summed E-state index contributed by atoms with van der Waals surface area (Å²) in [4.78, 5) is 19.9. The Labute approximate surface area is 108 Å². The van der Waals surface area contributed by atoms with Gasteiger partial charge in [-0.1, -0.05) is 18.2 Å². The molecule has 1 amide bonds. The number of hydrazine groups is 1. The summed E-state index contributed by atoms with van der Waals surface area (Å²) in [7, 11) is 0. The molecule has 2 heterocycles. The summed E-state index contributed by atoms with van der Waals surface area (Å²) < 4.78 is 0. The third-order valence-electron chi connectivity index (χ3n) is 2.58. The third-order valence-corrected chi connectivity index (χ3v) is 2.58. The van der Waals surface area contributed by atoms with Crippen LogP contribution in [0.1, 0.15) is 10.4 Å². The highest BCUT2D eigenvalue weighted by Crippen LogP contribution is 2.14. The predicted molar refractivity (Wildman–Crippen MR) is 69.2 cm³/mol. The molecule has 3 N–H and O–H groups in total. The summed E-state index contributed by atoms with van der Waals surface area (Å²) in [6, 6.07) is 8.90. The summed E-state index contributed by atoms with van der Waals surface area (Å²) in [6.45, 7) is 0. The number of amides is 1. The lowest BCUT2D eigenvalue weighted by Gasteiger charge is -2.07. The van der Waals surface area contributed by atoms with Gasteiger partial charge in [0.15, 0.2) is 11.5 Å². The van der Waals surface area contributed by atoms with Crippen LogP contribution in [-0.2, 0) is 0 Å². The maximum absolute atomic E-state index is 11.9. The maximum atomic E-state index is 11.9. The maximum Gasteiger partial charge on any atom is 0.269 e. The fraction of sp³-hybridized carbons (Fsp3) is 0. The topological polar surface area (TPSA) is 95.6 Å². The van der Waals surface area contributed by atoms with E-state index in [-0.39, 0.29) is 5.91 Å². The van der Waals surface area contributed by atoms with Crippen LogP contribution in [0.3, 0.4) is 0 Å². The minimum absolute atomic E-state index is 0.240. The molecule has 0 bridgehead atoms. The number of nitrogens with zero attached hydrogens (tertiary/aromatic N) is 3. The standard InChI is InChI=1S/C12H10N6O/c19-12(8-4-2-1-3-5-8)18-17-11-9-6-15-16-10(9)13-7-14-11/h1-7H,(H,18,19)(H2,13,14,15,16,17). The van der Waals surface area contributed by atoms with Gasteiger partial charge in [0.2, 0.25) is 0 Å². The summed E-state index contributed by atoms with van der Waals surface area (Å²) in [5.41, 5.74) is 6.50. The van der Waals surface area contributed by atoms with Gasteiger partial charge >= 0.3 is 0 Å². The molecule has 7 nitrogen and oxygen atoms in total. The molecule has 0 unspecified atom stereocenters. The van der Waals surface area contributed by atoms with E-state index in [0.717, 1.165) is 0 Å². The number of aromatic nitrogens is 4. The summed E-state index contributed by atoms with van der Waals surface area (Å²) in [5, 5.41) is 7.30. The molecule has 19 heavy (non-hydrogen) atoms. The lowest BCUT2D eigenvalue weighted by molar-refractivity contribution is 0.0962. The van der Waals surface area contributed by atoms with E-state index in [4.69, 9.17) is 0 Å². The van der Waals surface area contributed by atoms with Crippen LogP contribution in [0.4, 0.5) is 5.82 Å². The fourth-order valence-electron chi connectivity index (χ4n) is 1.64. The van der Waals surface area contributed by atoms with Crippen LogP contribution in [0.25, 0.3) is 11.0 Å². The third kappa shape index (κ3) is 2.21. The molecule has 3 rings (SSSR count). The second-order valence-electron chi connectivity index (χ2n) is 3.80. The molecule has 3 aromatic rings. The molecule has 2 aromatic heterocycles. The zero-order chi connectivity index (χ0) is 13.1. The van der Waals surface area contributed by atoms with Crippen LogP contribution in [0.15, 0.2) is 42.9 Å². The van der Waals surface area contributed by atoms with Crippen molar-refractivity contribution in [3.05, 3.63) is 48.4 Å². The van der Waals surface area contributed by atoms with E-state index in [9.17, 15) is 4.79 Å². The smallest absolute Gasteiger partial charge is 0.269 e. The molecule has 0 spiro atoms. The number of rotatable bonds is 3. The Morgan fingerprint density at radius 2 is 2.00 bits per heavy atom. The zero-order valence-electron chi connectivity index (χ0n) is 9.79. The van der Waals surface area contributed by atoms with Crippen molar-refractivity contribution in [1.82, 2.24) is 25.6 Å². The molecule has 0 saturated heterocycles. The van der Waals surface area contributed by atoms with Gasteiger partial charge in [-0.05, 0) is 12.1 Å². The number of aromatic amines is 1. The molecule has 0 radical (unpaired) electrons. The van der Waals surface area contributed by atoms with Crippen molar-refractivity contribution in [2.24, 2.45) is 0 Å². The molecule has 0 saturated carbocycles. The van der Waals surface area contributed by atoms with Crippen molar-refractivity contribution in [3.8, 4) is 0 Å². The van der Waals surface area contributed by atoms with Crippen molar-refractivity contribution >= 4 is 22.8 Å². The Balaban J connectivity index is 1.76. The van der Waals surface area contributed by atoms with Crippen LogP contribution >= 0.6 is 0 Å². The molecule has 0 fully saturated rings. The first-order valence-corrected chi connectivity index (χ1v) is 5.60. The molecule has 94 valence electrons. The van der Waals surface area contributed by atoms with Gasteiger partial charge in [-0.15, -0.1) is 0 Å². The van der Waals surface area contributed by atoms with Crippen LogP contribution in [0.5, 0.6) is 0 Å². The van der Waals surface area contributed by atoms with Gasteiger partial charge < -0.3 is 0 Å². The lowest BCUT2D eigenvalue weighted by atomic mass is 10.2. The van der Waals surface area contributed by atoms with Crippen molar-refractivity contribution in [2.45, 2.75) is 0 Å². The number of carbonyl (C=O) groups excluding carboxylic acids is 1. The Morgan fingerprint density at radius 1 is 1.16 bits per heavy atom. The van der Waals surface area contributed by atoms with Crippen LogP contribution < -0.4 is 10.9 Å². The Bertz CT molecular complexity index is 708. The van der Waals surface area contributed by atoms with Crippen molar-refractivity contribution < 1.29 is 4.79 Å². The van der Waals surface area contributed by atoms with E-state index in [1.165, 1.54) is 6.33 Å². The van der Waals surface area contributed by atoms with Gasteiger partial charge in [0, 0.05) is 5.56 Å². The Hall–Kier alpha value is -2.96. The van der Waals surface area contributed by atoms with E-state index in [0.29, 0.717) is 22.4 Å². The predicted octanol–water partition coefficient (Wildman–Crippen LogP) is 1.11. The van der Waals surface area contributed by atoms with Gasteiger partial charge in [-0.3, -0.25) is 20.7 Å². The van der Waals surface area contributed by atoms with Gasteiger partial charge in [0.25, 0.3) is 5.91 Å². The first-order chi connectivity index (χ1) is 9.34. The first kappa shape index (κ1) is 11.1. The monoisotopic (exact) mass is 254 g/mol. The second kappa shape index (κ2) is 4.73. The average Bonchev–Trinajstić information content (AvgIpc) is 2.94. The molecular weight excluding hydrogens is 244 g/mol. The molecule has 1 aromatic carbocycles. The van der Waals surface area contributed by atoms with Crippen LogP contribution in [0, 0.1) is 0 Å². The van der Waals surface area contributed by atoms with E-state index in [1.54, 1.807) is 30.5 Å². The van der Waals surface area contributed by atoms with Crippen molar-refractivity contribution in [3.63, 3.8) is 0 Å². The Morgan fingerprint density at radius 3 is 2.84 bits per heavy atom. The number of fused-ring (bicyclic) bond motifs is 1. The number of hydrogen-bond acceptors (Lipinski definition) is 5. The highest BCUT2D eigenvalue weighted by Gasteiger charge is 2.07. The first-order valence-electron chi connectivity index (χ1n) is 5.60. The molecular formula is C12H10N6O. The quantitative estimate of drug-likeness (QED) is 0.608. The normalized spacial score (nSPS) is 10.3. The molecule has 0 atom stereocenters. The minimum Gasteiger partial charge on any atom is -0.281 e. The van der Waals surface area contributed by atoms with Crippen LogP contribution in [-0.4, -0.2) is 26.1 Å². The molecule has 0 aliphatic rings. The van der Waals surface area contributed by atoms with E-state index >= 15 is 0 Å². The molecule has 7 heteroatoms. The second-order valence-corrected chi connectivity index (χ2v) is 3.80. The Kier molecular flexibility index (Phi) is 2.77. The SMILES string of the molecule is O=C(NNc1ncnc2[nH]ncc12)c1ccccc1.